The average molecular weight is 497 g/mol. The third-order valence-corrected chi connectivity index (χ3v) is 7.77. The number of hydrogen-bond acceptors (Lipinski definition) is 6. The summed E-state index contributed by atoms with van der Waals surface area (Å²) in [6.45, 7) is 0. The second-order valence-corrected chi connectivity index (χ2v) is 9.83. The van der Waals surface area contributed by atoms with Crippen molar-refractivity contribution in [2.75, 3.05) is 14.2 Å². The van der Waals surface area contributed by atoms with Gasteiger partial charge in [0.1, 0.15) is 5.75 Å². The molecule has 0 saturated carbocycles. The van der Waals surface area contributed by atoms with Crippen LogP contribution in [-0.2, 0) is 6.42 Å². The number of hydrogen-bond donors (Lipinski definition) is 1. The lowest BCUT2D eigenvalue weighted by Gasteiger charge is -2.31. The molecule has 3 aromatic carbocycles. The lowest BCUT2D eigenvalue weighted by atomic mass is 9.83. The molecule has 2 aliphatic rings. The normalized spacial score (nSPS) is 16.6. The van der Waals surface area contributed by atoms with E-state index in [0.29, 0.717) is 20.6 Å². The van der Waals surface area contributed by atoms with Crippen LogP contribution >= 0.6 is 11.3 Å². The first-order valence-corrected chi connectivity index (χ1v) is 12.5. The van der Waals surface area contributed by atoms with Gasteiger partial charge >= 0.3 is 0 Å². The standard InChI is InChI=1S/C29H24N2O4S/c1-34-20-8-5-7-19(16-20)27-22-12-11-18-6-3-4-9-21(18)26(22)30-29-31(27)28(33)25(36-29)15-17-10-13-24(35-2)23(32)14-17/h3-10,13-16,27,32H,11-12H2,1-2H3/b25-15-. The highest BCUT2D eigenvalue weighted by Crippen LogP contribution is 2.41. The van der Waals surface area contributed by atoms with Gasteiger partial charge in [-0.3, -0.25) is 9.36 Å². The van der Waals surface area contributed by atoms with Crippen molar-refractivity contribution in [3.05, 3.63) is 114 Å². The van der Waals surface area contributed by atoms with Crippen LogP contribution in [0.15, 0.2) is 82.1 Å². The number of methoxy groups -OCH3 is 2. The fourth-order valence-electron chi connectivity index (χ4n) is 5.08. The van der Waals surface area contributed by atoms with Gasteiger partial charge in [-0.1, -0.05) is 53.8 Å². The second-order valence-electron chi connectivity index (χ2n) is 8.82. The van der Waals surface area contributed by atoms with Crippen molar-refractivity contribution in [1.29, 1.82) is 0 Å². The molecule has 0 spiro atoms. The molecule has 0 saturated heterocycles. The van der Waals surface area contributed by atoms with Crippen molar-refractivity contribution >= 4 is 23.1 Å². The van der Waals surface area contributed by atoms with Crippen LogP contribution in [-0.4, -0.2) is 23.9 Å². The van der Waals surface area contributed by atoms with Crippen molar-refractivity contribution in [2.45, 2.75) is 18.9 Å². The summed E-state index contributed by atoms with van der Waals surface area (Å²) in [5.74, 6) is 1.16. The van der Waals surface area contributed by atoms with Gasteiger partial charge in [-0.25, -0.2) is 4.99 Å². The number of aromatic nitrogens is 1. The van der Waals surface area contributed by atoms with Crippen molar-refractivity contribution in [2.24, 2.45) is 4.99 Å². The summed E-state index contributed by atoms with van der Waals surface area (Å²) in [6.07, 6.45) is 3.52. The molecule has 1 N–H and O–H groups in total. The summed E-state index contributed by atoms with van der Waals surface area (Å²) in [5.41, 5.74) is 6.10. The molecule has 6 nitrogen and oxygen atoms in total. The van der Waals surface area contributed by atoms with Crippen LogP contribution in [0.1, 0.15) is 34.7 Å². The van der Waals surface area contributed by atoms with E-state index < -0.39 is 0 Å². The summed E-state index contributed by atoms with van der Waals surface area (Å²) in [5, 5.41) is 10.2. The van der Waals surface area contributed by atoms with Gasteiger partial charge in [0.25, 0.3) is 5.56 Å². The number of aromatic hydroxyl groups is 1. The summed E-state index contributed by atoms with van der Waals surface area (Å²) in [4.78, 5) is 19.5. The monoisotopic (exact) mass is 496 g/mol. The van der Waals surface area contributed by atoms with E-state index in [0.717, 1.165) is 41.0 Å². The Bertz CT molecular complexity index is 1710. The maximum Gasteiger partial charge on any atom is 0.271 e. The van der Waals surface area contributed by atoms with Crippen molar-refractivity contribution in [1.82, 2.24) is 4.57 Å². The van der Waals surface area contributed by atoms with Crippen LogP contribution < -0.4 is 24.4 Å². The SMILES string of the molecule is COc1cccc(C2C3=C(N=c4s/c(=C\c5ccc(OC)c(O)c5)c(=O)n42)c2ccccc2CC3)c1. The summed E-state index contributed by atoms with van der Waals surface area (Å²) < 4.78 is 13.0. The van der Waals surface area contributed by atoms with Crippen LogP contribution in [0.25, 0.3) is 11.8 Å². The number of allylic oxidation sites excluding steroid dienone is 1. The molecule has 7 heteroatoms. The molecular weight excluding hydrogens is 472 g/mol. The van der Waals surface area contributed by atoms with E-state index in [-0.39, 0.29) is 17.4 Å². The number of rotatable bonds is 4. The van der Waals surface area contributed by atoms with Gasteiger partial charge in [0.05, 0.1) is 30.5 Å². The fourth-order valence-corrected chi connectivity index (χ4v) is 6.08. The Kier molecular flexibility index (Phi) is 5.49. The number of nitrogens with zero attached hydrogens (tertiary/aromatic N) is 2. The minimum atomic E-state index is -0.272. The van der Waals surface area contributed by atoms with Gasteiger partial charge in [0.2, 0.25) is 0 Å². The highest BCUT2D eigenvalue weighted by atomic mass is 32.1. The molecule has 1 aliphatic heterocycles. The van der Waals surface area contributed by atoms with Crippen LogP contribution in [0, 0.1) is 0 Å². The van der Waals surface area contributed by atoms with Gasteiger partial charge in [0, 0.05) is 5.56 Å². The number of aryl methyl sites for hydroxylation is 1. The van der Waals surface area contributed by atoms with Gasteiger partial charge < -0.3 is 14.6 Å². The first-order valence-electron chi connectivity index (χ1n) is 11.7. The van der Waals surface area contributed by atoms with Crippen LogP contribution in [0.3, 0.4) is 0 Å². The molecule has 2 heterocycles. The molecule has 0 bridgehead atoms. The molecule has 0 fully saturated rings. The highest BCUT2D eigenvalue weighted by Gasteiger charge is 2.32. The Morgan fingerprint density at radius 1 is 1.03 bits per heavy atom. The average Bonchev–Trinajstić information content (AvgIpc) is 3.21. The molecule has 36 heavy (non-hydrogen) atoms. The molecule has 1 aliphatic carbocycles. The van der Waals surface area contributed by atoms with Gasteiger partial charge in [-0.05, 0) is 65.4 Å². The maximum atomic E-state index is 13.8. The summed E-state index contributed by atoms with van der Waals surface area (Å²) in [6, 6.07) is 21.1. The van der Waals surface area contributed by atoms with Crippen LogP contribution in [0.2, 0.25) is 0 Å². The number of thiazole rings is 1. The predicted molar refractivity (Wildman–Crippen MR) is 140 cm³/mol. The van der Waals surface area contributed by atoms with E-state index in [2.05, 4.69) is 18.2 Å². The number of phenols is 1. The van der Waals surface area contributed by atoms with Crippen LogP contribution in [0.4, 0.5) is 0 Å². The number of benzene rings is 3. The molecule has 1 aromatic heterocycles. The topological polar surface area (TPSA) is 73.1 Å². The smallest absolute Gasteiger partial charge is 0.271 e. The lowest BCUT2D eigenvalue weighted by molar-refractivity contribution is 0.373. The van der Waals surface area contributed by atoms with Gasteiger partial charge in [0.15, 0.2) is 16.3 Å². The Labute approximate surface area is 211 Å². The summed E-state index contributed by atoms with van der Waals surface area (Å²) in [7, 11) is 3.15. The van der Waals surface area contributed by atoms with Crippen LogP contribution in [0.5, 0.6) is 17.2 Å². The molecule has 1 unspecified atom stereocenters. The van der Waals surface area contributed by atoms with Gasteiger partial charge in [-0.2, -0.15) is 0 Å². The Morgan fingerprint density at radius 3 is 2.69 bits per heavy atom. The molecule has 4 aromatic rings. The van der Waals surface area contributed by atoms with E-state index in [9.17, 15) is 9.90 Å². The molecule has 1 atom stereocenters. The van der Waals surface area contributed by atoms with Crippen molar-refractivity contribution in [3.63, 3.8) is 0 Å². The third kappa shape index (κ3) is 3.63. The quantitative estimate of drug-likeness (QED) is 0.463. The van der Waals surface area contributed by atoms with Crippen molar-refractivity contribution < 1.29 is 14.6 Å². The van der Waals surface area contributed by atoms with E-state index in [1.807, 2.05) is 36.4 Å². The van der Waals surface area contributed by atoms with E-state index >= 15 is 0 Å². The van der Waals surface area contributed by atoms with E-state index in [4.69, 9.17) is 14.5 Å². The Morgan fingerprint density at radius 2 is 1.89 bits per heavy atom. The minimum absolute atomic E-state index is 0.0281. The Hall–Kier alpha value is -4.10. The minimum Gasteiger partial charge on any atom is -0.504 e. The molecule has 0 amide bonds. The zero-order valence-electron chi connectivity index (χ0n) is 19.9. The van der Waals surface area contributed by atoms with E-state index in [1.165, 1.54) is 24.0 Å². The summed E-state index contributed by atoms with van der Waals surface area (Å²) >= 11 is 1.36. The number of fused-ring (bicyclic) bond motifs is 3. The lowest BCUT2D eigenvalue weighted by Crippen LogP contribution is -2.38. The fraction of sp³-hybridized carbons (Fsp3) is 0.172. The molecule has 0 radical (unpaired) electrons. The molecule has 180 valence electrons. The maximum absolute atomic E-state index is 13.8. The molecular formula is C29H24N2O4S. The zero-order chi connectivity index (χ0) is 24.8. The highest BCUT2D eigenvalue weighted by molar-refractivity contribution is 7.07. The predicted octanol–water partition coefficient (Wildman–Crippen LogP) is 4.04. The molecule has 6 rings (SSSR count). The largest absolute Gasteiger partial charge is 0.504 e. The van der Waals surface area contributed by atoms with Gasteiger partial charge in [-0.15, -0.1) is 0 Å². The number of phenolic OH excluding ortho intramolecular Hbond substituents is 1. The van der Waals surface area contributed by atoms with Crippen molar-refractivity contribution in [3.8, 4) is 17.2 Å². The number of ether oxygens (including phenoxy) is 2. The first-order chi connectivity index (χ1) is 17.6. The first kappa shape index (κ1) is 22.4. The second kappa shape index (κ2) is 8.84. The third-order valence-electron chi connectivity index (χ3n) is 6.78. The zero-order valence-corrected chi connectivity index (χ0v) is 20.7. The van der Waals surface area contributed by atoms with E-state index in [1.54, 1.807) is 29.9 Å². The Balaban J connectivity index is 1.60.